The molecular weight excluding hydrogens is 323 g/mol. The molecule has 1 aromatic heterocycles. The molecule has 0 spiro atoms. The first-order valence-electron chi connectivity index (χ1n) is 7.10. The van der Waals surface area contributed by atoms with Gasteiger partial charge < -0.3 is 11.1 Å². The van der Waals surface area contributed by atoms with E-state index in [1.165, 1.54) is 17.4 Å². The van der Waals surface area contributed by atoms with Crippen LogP contribution in [0.15, 0.2) is 29.6 Å². The summed E-state index contributed by atoms with van der Waals surface area (Å²) in [5.74, 6) is -0.256. The van der Waals surface area contributed by atoms with Crippen molar-refractivity contribution in [1.82, 2.24) is 5.32 Å². The Balaban J connectivity index is 1.71. The standard InChI is InChI=1S/C16H16ClFN2OS/c17-13-6-10(3-4-14(13)18)15(9-1-2-9)20-7-12-5-11(8-22-12)16(19)21/h3-6,8-9,15,20H,1-2,7H2,(H2,19,21)/t15-/m0/s1. The van der Waals surface area contributed by atoms with Crippen LogP contribution in [0.1, 0.15) is 39.7 Å². The van der Waals surface area contributed by atoms with E-state index in [-0.39, 0.29) is 11.1 Å². The maximum atomic E-state index is 13.3. The van der Waals surface area contributed by atoms with Gasteiger partial charge in [-0.1, -0.05) is 17.7 Å². The van der Waals surface area contributed by atoms with Crippen molar-refractivity contribution in [3.63, 3.8) is 0 Å². The highest BCUT2D eigenvalue weighted by Crippen LogP contribution is 2.41. The molecule has 0 bridgehead atoms. The average molecular weight is 339 g/mol. The van der Waals surface area contributed by atoms with Crippen LogP contribution in [0.5, 0.6) is 0 Å². The summed E-state index contributed by atoms with van der Waals surface area (Å²) < 4.78 is 13.3. The Morgan fingerprint density at radius 1 is 1.45 bits per heavy atom. The molecule has 1 amide bonds. The zero-order valence-electron chi connectivity index (χ0n) is 11.8. The summed E-state index contributed by atoms with van der Waals surface area (Å²) in [4.78, 5) is 12.2. The summed E-state index contributed by atoms with van der Waals surface area (Å²) in [5, 5.41) is 5.40. The molecule has 0 aliphatic heterocycles. The molecule has 2 aromatic rings. The first-order chi connectivity index (χ1) is 10.5. The molecule has 1 aliphatic carbocycles. The van der Waals surface area contributed by atoms with E-state index in [0.29, 0.717) is 18.0 Å². The summed E-state index contributed by atoms with van der Waals surface area (Å²) in [6.45, 7) is 0.647. The number of nitrogens with one attached hydrogen (secondary N) is 1. The highest BCUT2D eigenvalue weighted by atomic mass is 35.5. The van der Waals surface area contributed by atoms with Gasteiger partial charge in [-0.05, 0) is 42.5 Å². The molecule has 3 N–H and O–H groups in total. The molecule has 0 unspecified atom stereocenters. The quantitative estimate of drug-likeness (QED) is 0.839. The van der Waals surface area contributed by atoms with Gasteiger partial charge in [0.2, 0.25) is 5.91 Å². The Bertz CT molecular complexity index is 699. The second kappa shape index (κ2) is 6.36. The first kappa shape index (κ1) is 15.5. The molecule has 22 heavy (non-hydrogen) atoms. The lowest BCUT2D eigenvalue weighted by Gasteiger charge is -2.19. The van der Waals surface area contributed by atoms with E-state index in [1.807, 2.05) is 6.07 Å². The van der Waals surface area contributed by atoms with Crippen molar-refractivity contribution in [1.29, 1.82) is 0 Å². The molecule has 1 fully saturated rings. The highest BCUT2D eigenvalue weighted by molar-refractivity contribution is 7.10. The van der Waals surface area contributed by atoms with Crippen molar-refractivity contribution in [2.75, 3.05) is 0 Å². The first-order valence-corrected chi connectivity index (χ1v) is 8.36. The minimum atomic E-state index is -0.411. The highest BCUT2D eigenvalue weighted by Gasteiger charge is 2.32. The number of rotatable bonds is 6. The minimum Gasteiger partial charge on any atom is -0.366 e. The van der Waals surface area contributed by atoms with Gasteiger partial charge in [-0.25, -0.2) is 4.39 Å². The Labute approximate surface area is 137 Å². The normalized spacial score (nSPS) is 15.7. The fourth-order valence-corrected chi connectivity index (χ4v) is 3.52. The van der Waals surface area contributed by atoms with Crippen molar-refractivity contribution in [2.45, 2.75) is 25.4 Å². The van der Waals surface area contributed by atoms with Crippen LogP contribution in [0.3, 0.4) is 0 Å². The molecule has 0 saturated heterocycles. The minimum absolute atomic E-state index is 0.150. The van der Waals surface area contributed by atoms with Crippen molar-refractivity contribution in [3.8, 4) is 0 Å². The lowest BCUT2D eigenvalue weighted by Crippen LogP contribution is -2.22. The van der Waals surface area contributed by atoms with E-state index in [9.17, 15) is 9.18 Å². The molecule has 1 atom stereocenters. The van der Waals surface area contributed by atoms with Crippen LogP contribution in [0.25, 0.3) is 0 Å². The van der Waals surface area contributed by atoms with Gasteiger partial charge in [0.05, 0.1) is 10.6 Å². The molecule has 3 nitrogen and oxygen atoms in total. The average Bonchev–Trinajstić information content (AvgIpc) is 3.20. The molecular formula is C16H16ClFN2OS. The molecule has 1 heterocycles. The van der Waals surface area contributed by atoms with Gasteiger partial charge in [-0.3, -0.25) is 4.79 Å². The van der Waals surface area contributed by atoms with E-state index < -0.39 is 11.7 Å². The van der Waals surface area contributed by atoms with Gasteiger partial charge in [-0.2, -0.15) is 0 Å². The topological polar surface area (TPSA) is 55.1 Å². The van der Waals surface area contributed by atoms with Crippen molar-refractivity contribution in [3.05, 3.63) is 56.5 Å². The van der Waals surface area contributed by atoms with E-state index in [4.69, 9.17) is 17.3 Å². The summed E-state index contributed by atoms with van der Waals surface area (Å²) in [6, 6.07) is 6.83. The van der Waals surface area contributed by atoms with Gasteiger partial charge in [-0.15, -0.1) is 11.3 Å². The molecule has 116 valence electrons. The van der Waals surface area contributed by atoms with E-state index in [1.54, 1.807) is 17.5 Å². The van der Waals surface area contributed by atoms with Gasteiger partial charge in [0, 0.05) is 22.8 Å². The van der Waals surface area contributed by atoms with Crippen LogP contribution in [0.2, 0.25) is 5.02 Å². The number of benzene rings is 1. The third-order valence-electron chi connectivity index (χ3n) is 3.83. The Hall–Kier alpha value is -1.43. The van der Waals surface area contributed by atoms with Crippen LogP contribution in [-0.2, 0) is 6.54 Å². The number of hydrogen-bond donors (Lipinski definition) is 2. The molecule has 0 radical (unpaired) electrons. The predicted molar refractivity (Wildman–Crippen MR) is 86.6 cm³/mol. The van der Waals surface area contributed by atoms with Crippen molar-refractivity contribution in [2.24, 2.45) is 11.7 Å². The Morgan fingerprint density at radius 2 is 2.23 bits per heavy atom. The number of nitrogens with two attached hydrogens (primary N) is 1. The van der Waals surface area contributed by atoms with Crippen LogP contribution in [0, 0.1) is 11.7 Å². The van der Waals surface area contributed by atoms with E-state index in [2.05, 4.69) is 5.32 Å². The predicted octanol–water partition coefficient (Wildman–Crippen LogP) is 3.88. The third kappa shape index (κ3) is 3.48. The fourth-order valence-electron chi connectivity index (χ4n) is 2.51. The molecule has 1 aliphatic rings. The maximum Gasteiger partial charge on any atom is 0.249 e. The Morgan fingerprint density at radius 3 is 2.82 bits per heavy atom. The summed E-state index contributed by atoms with van der Waals surface area (Å²) in [7, 11) is 0. The lowest BCUT2D eigenvalue weighted by molar-refractivity contribution is 0.100. The zero-order valence-corrected chi connectivity index (χ0v) is 13.4. The number of carbonyl (C=O) groups is 1. The number of hydrogen-bond acceptors (Lipinski definition) is 3. The largest absolute Gasteiger partial charge is 0.366 e. The van der Waals surface area contributed by atoms with Gasteiger partial charge in [0.1, 0.15) is 5.82 Å². The van der Waals surface area contributed by atoms with Gasteiger partial charge in [0.15, 0.2) is 0 Å². The van der Waals surface area contributed by atoms with Gasteiger partial charge >= 0.3 is 0 Å². The number of halogens is 2. The second-order valence-corrected chi connectivity index (χ2v) is 6.94. The molecule has 1 saturated carbocycles. The van der Waals surface area contributed by atoms with Crippen LogP contribution in [0.4, 0.5) is 4.39 Å². The fraction of sp³-hybridized carbons (Fsp3) is 0.312. The smallest absolute Gasteiger partial charge is 0.249 e. The van der Waals surface area contributed by atoms with Gasteiger partial charge in [0.25, 0.3) is 0 Å². The summed E-state index contributed by atoms with van der Waals surface area (Å²) >= 11 is 7.39. The van der Waals surface area contributed by atoms with Crippen LogP contribution in [-0.4, -0.2) is 5.91 Å². The maximum absolute atomic E-state index is 13.3. The summed E-state index contributed by atoms with van der Waals surface area (Å²) in [6.07, 6.45) is 2.31. The molecule has 3 rings (SSSR count). The van der Waals surface area contributed by atoms with Crippen molar-refractivity contribution < 1.29 is 9.18 Å². The molecule has 6 heteroatoms. The Kier molecular flexibility index (Phi) is 4.47. The number of thiophene rings is 1. The third-order valence-corrected chi connectivity index (χ3v) is 5.06. The number of amides is 1. The lowest BCUT2D eigenvalue weighted by atomic mass is 10.0. The van der Waals surface area contributed by atoms with E-state index >= 15 is 0 Å². The monoisotopic (exact) mass is 338 g/mol. The van der Waals surface area contributed by atoms with Crippen molar-refractivity contribution >= 4 is 28.8 Å². The zero-order chi connectivity index (χ0) is 15.7. The van der Waals surface area contributed by atoms with Crippen LogP contribution >= 0.6 is 22.9 Å². The van der Waals surface area contributed by atoms with E-state index in [0.717, 1.165) is 23.3 Å². The second-order valence-electron chi connectivity index (χ2n) is 5.54. The SMILES string of the molecule is NC(=O)c1csc(CN[C@H](c2ccc(F)c(Cl)c2)C2CC2)c1. The van der Waals surface area contributed by atoms with Crippen LogP contribution < -0.4 is 11.1 Å². The number of primary amides is 1. The summed E-state index contributed by atoms with van der Waals surface area (Å²) in [5.41, 5.74) is 6.80. The molecule has 1 aromatic carbocycles. The number of carbonyl (C=O) groups excluding carboxylic acids is 1.